The fourth-order valence-corrected chi connectivity index (χ4v) is 6.80. The number of nitrogens with zero attached hydrogens (tertiary/aromatic N) is 1. The van der Waals surface area contributed by atoms with E-state index in [1.54, 1.807) is 14.2 Å². The second-order valence-corrected chi connectivity index (χ2v) is 13.1. The van der Waals surface area contributed by atoms with E-state index in [1.165, 1.54) is 5.56 Å². The molecule has 2 fully saturated rings. The van der Waals surface area contributed by atoms with Crippen molar-refractivity contribution >= 4 is 11.6 Å². The van der Waals surface area contributed by atoms with Crippen LogP contribution in [0.5, 0.6) is 11.5 Å². The molecule has 0 aliphatic carbocycles. The molecule has 0 bridgehead atoms. The van der Waals surface area contributed by atoms with E-state index in [9.17, 15) is 4.79 Å². The predicted octanol–water partition coefficient (Wildman–Crippen LogP) is 4.25. The van der Waals surface area contributed by atoms with Gasteiger partial charge < -0.3 is 39.8 Å². The van der Waals surface area contributed by atoms with Crippen molar-refractivity contribution < 1.29 is 23.7 Å². The molecule has 2 saturated heterocycles. The molecule has 2 aromatic rings. The van der Waals surface area contributed by atoms with Crippen molar-refractivity contribution in [3.63, 3.8) is 0 Å². The molecule has 44 heavy (non-hydrogen) atoms. The monoisotopic (exact) mass is 608 g/mol. The molecule has 242 valence electrons. The largest absolute Gasteiger partial charge is 0.497 e. The second-order valence-electron chi connectivity index (χ2n) is 13.1. The molecule has 3 aliphatic rings. The van der Waals surface area contributed by atoms with Gasteiger partial charge in [-0.3, -0.25) is 4.79 Å². The third-order valence-corrected chi connectivity index (χ3v) is 9.41. The summed E-state index contributed by atoms with van der Waals surface area (Å²) in [5.74, 6) is 2.13. The summed E-state index contributed by atoms with van der Waals surface area (Å²) in [5, 5.41) is 10.5. The van der Waals surface area contributed by atoms with Crippen LogP contribution < -0.4 is 30.3 Å². The highest BCUT2D eigenvalue weighted by atomic mass is 16.5. The van der Waals surface area contributed by atoms with Gasteiger partial charge >= 0.3 is 0 Å². The Labute approximate surface area is 263 Å². The lowest BCUT2D eigenvalue weighted by atomic mass is 9.77. The normalized spacial score (nSPS) is 22.6. The Kier molecular flexibility index (Phi) is 11.4. The summed E-state index contributed by atoms with van der Waals surface area (Å²) in [6.45, 7) is 10.6. The molecule has 0 radical (unpaired) electrons. The van der Waals surface area contributed by atoms with E-state index in [4.69, 9.17) is 18.9 Å². The quantitative estimate of drug-likeness (QED) is 0.291. The number of amides is 1. The number of ether oxygens (including phenoxy) is 4. The van der Waals surface area contributed by atoms with Gasteiger partial charge in [0.1, 0.15) is 18.1 Å². The first-order valence-corrected chi connectivity index (χ1v) is 16.4. The zero-order chi connectivity index (χ0) is 30.9. The number of methoxy groups -OCH3 is 2. The molecule has 0 aromatic heterocycles. The summed E-state index contributed by atoms with van der Waals surface area (Å²) in [5.41, 5.74) is 3.04. The standard InChI is InChI=1S/C35H52N4O5/c1-35(2,34(40)38-27-12-14-36-15-13-27)22-28-21-30(26-7-9-29(42-4)10-8-26)33(23-37-28)44-24-25-6-11-32-31(20-25)39(17-19-43-32)16-5-18-41-3/h6-11,20,27-28,30,33,36-37H,5,12-19,21-24H2,1-4H3,(H,38,40). The molecule has 3 aliphatic heterocycles. The summed E-state index contributed by atoms with van der Waals surface area (Å²) in [6, 6.07) is 15.2. The highest BCUT2D eigenvalue weighted by Gasteiger charge is 2.38. The lowest BCUT2D eigenvalue weighted by molar-refractivity contribution is -0.131. The number of fused-ring (bicyclic) bond motifs is 1. The first kappa shape index (κ1) is 32.5. The van der Waals surface area contributed by atoms with Crippen LogP contribution in [0.2, 0.25) is 0 Å². The van der Waals surface area contributed by atoms with Crippen LogP contribution in [0.25, 0.3) is 0 Å². The van der Waals surface area contributed by atoms with Crippen LogP contribution in [-0.4, -0.2) is 84.3 Å². The third kappa shape index (κ3) is 8.44. The van der Waals surface area contributed by atoms with Crippen LogP contribution in [-0.2, 0) is 20.9 Å². The van der Waals surface area contributed by atoms with E-state index in [0.29, 0.717) is 13.2 Å². The molecule has 9 nitrogen and oxygen atoms in total. The summed E-state index contributed by atoms with van der Waals surface area (Å²) < 4.78 is 23.3. The maximum Gasteiger partial charge on any atom is 0.225 e. The van der Waals surface area contributed by atoms with Gasteiger partial charge in [0.2, 0.25) is 5.91 Å². The van der Waals surface area contributed by atoms with Gasteiger partial charge in [0, 0.05) is 50.2 Å². The number of anilines is 1. The van der Waals surface area contributed by atoms with Crippen molar-refractivity contribution in [1.29, 1.82) is 0 Å². The first-order valence-electron chi connectivity index (χ1n) is 16.4. The molecule has 9 heteroatoms. The number of piperidine rings is 2. The maximum absolute atomic E-state index is 13.3. The fraction of sp³-hybridized carbons (Fsp3) is 0.629. The Balaban J connectivity index is 1.25. The van der Waals surface area contributed by atoms with Crippen LogP contribution in [0.4, 0.5) is 5.69 Å². The minimum atomic E-state index is -0.471. The van der Waals surface area contributed by atoms with E-state index in [2.05, 4.69) is 65.0 Å². The van der Waals surface area contributed by atoms with E-state index < -0.39 is 5.41 Å². The van der Waals surface area contributed by atoms with Crippen molar-refractivity contribution in [1.82, 2.24) is 16.0 Å². The molecule has 3 heterocycles. The van der Waals surface area contributed by atoms with E-state index >= 15 is 0 Å². The first-order chi connectivity index (χ1) is 21.4. The van der Waals surface area contributed by atoms with Gasteiger partial charge in [0.05, 0.1) is 32.1 Å². The van der Waals surface area contributed by atoms with Crippen LogP contribution in [0, 0.1) is 5.41 Å². The lowest BCUT2D eigenvalue weighted by Gasteiger charge is -2.40. The van der Waals surface area contributed by atoms with E-state index in [0.717, 1.165) is 94.2 Å². The zero-order valence-corrected chi connectivity index (χ0v) is 27.0. The van der Waals surface area contributed by atoms with Gasteiger partial charge in [0.25, 0.3) is 0 Å². The van der Waals surface area contributed by atoms with Crippen molar-refractivity contribution in [3.05, 3.63) is 53.6 Å². The molecule has 1 amide bonds. The van der Waals surface area contributed by atoms with Gasteiger partial charge in [-0.2, -0.15) is 0 Å². The number of nitrogens with one attached hydrogen (secondary N) is 3. The molecule has 3 unspecified atom stereocenters. The van der Waals surface area contributed by atoms with Crippen LogP contribution in [0.3, 0.4) is 0 Å². The number of hydrogen-bond acceptors (Lipinski definition) is 8. The molecule has 5 rings (SSSR count). The maximum atomic E-state index is 13.3. The highest BCUT2D eigenvalue weighted by molar-refractivity contribution is 5.82. The van der Waals surface area contributed by atoms with Crippen LogP contribution >= 0.6 is 0 Å². The van der Waals surface area contributed by atoms with E-state index in [-0.39, 0.29) is 30.0 Å². The number of benzene rings is 2. The average molecular weight is 609 g/mol. The molecule has 2 aromatic carbocycles. The lowest BCUT2D eigenvalue weighted by Crippen LogP contribution is -2.52. The number of hydrogen-bond donors (Lipinski definition) is 3. The average Bonchev–Trinajstić information content (AvgIpc) is 3.04. The van der Waals surface area contributed by atoms with Gasteiger partial charge in [-0.15, -0.1) is 0 Å². The van der Waals surface area contributed by atoms with Crippen LogP contribution in [0.15, 0.2) is 42.5 Å². The van der Waals surface area contributed by atoms with E-state index in [1.807, 2.05) is 12.1 Å². The Bertz CT molecular complexity index is 1200. The Morgan fingerprint density at radius 3 is 2.66 bits per heavy atom. The molecule has 0 saturated carbocycles. The summed E-state index contributed by atoms with van der Waals surface area (Å²) >= 11 is 0. The SMILES string of the molecule is COCCCN1CCOc2ccc(COC3CNC(CC(C)(C)C(=O)NC4CCNCC4)CC3c3ccc(OC)cc3)cc21. The van der Waals surface area contributed by atoms with Gasteiger partial charge in [-0.25, -0.2) is 0 Å². The number of rotatable bonds is 13. The topological polar surface area (TPSA) is 93.3 Å². The summed E-state index contributed by atoms with van der Waals surface area (Å²) in [6.07, 6.45) is 4.62. The molecule has 3 N–H and O–H groups in total. The minimum Gasteiger partial charge on any atom is -0.497 e. The molecule has 0 spiro atoms. The molecular formula is C35H52N4O5. The summed E-state index contributed by atoms with van der Waals surface area (Å²) in [4.78, 5) is 15.7. The highest BCUT2D eigenvalue weighted by Crippen LogP contribution is 2.37. The van der Waals surface area contributed by atoms with Gasteiger partial charge in [-0.1, -0.05) is 32.0 Å². The Morgan fingerprint density at radius 2 is 1.91 bits per heavy atom. The molecule has 3 atom stereocenters. The third-order valence-electron chi connectivity index (χ3n) is 9.41. The van der Waals surface area contributed by atoms with Crippen molar-refractivity contribution in [2.45, 2.75) is 76.7 Å². The van der Waals surface area contributed by atoms with Gasteiger partial charge in [-0.05, 0) is 80.6 Å². The minimum absolute atomic E-state index is 0.00332. The number of carbonyl (C=O) groups is 1. The van der Waals surface area contributed by atoms with Crippen molar-refractivity contribution in [2.75, 3.05) is 65.1 Å². The number of carbonyl (C=O) groups excluding carboxylic acids is 1. The fourth-order valence-electron chi connectivity index (χ4n) is 6.80. The Hall–Kier alpha value is -2.85. The van der Waals surface area contributed by atoms with Crippen molar-refractivity contribution in [3.8, 4) is 11.5 Å². The zero-order valence-electron chi connectivity index (χ0n) is 27.0. The predicted molar refractivity (Wildman–Crippen MR) is 174 cm³/mol. The molecular weight excluding hydrogens is 556 g/mol. The smallest absolute Gasteiger partial charge is 0.225 e. The van der Waals surface area contributed by atoms with Gasteiger partial charge in [0.15, 0.2) is 0 Å². The Morgan fingerprint density at radius 1 is 1.11 bits per heavy atom. The summed E-state index contributed by atoms with van der Waals surface area (Å²) in [7, 11) is 3.44. The second kappa shape index (κ2) is 15.4. The van der Waals surface area contributed by atoms with Crippen LogP contribution in [0.1, 0.15) is 63.0 Å². The van der Waals surface area contributed by atoms with Crippen molar-refractivity contribution in [2.24, 2.45) is 5.41 Å².